The van der Waals surface area contributed by atoms with E-state index in [-0.39, 0.29) is 53.0 Å². The van der Waals surface area contributed by atoms with Gasteiger partial charge in [0, 0.05) is 42.8 Å². The van der Waals surface area contributed by atoms with Gasteiger partial charge in [0.15, 0.2) is 0 Å². The van der Waals surface area contributed by atoms with Crippen molar-refractivity contribution in [1.82, 2.24) is 0 Å². The summed E-state index contributed by atoms with van der Waals surface area (Å²) in [5.41, 5.74) is 0. The molecule has 0 atom stereocenters. The maximum atomic E-state index is 10.6. The number of rotatable bonds is 8. The van der Waals surface area contributed by atoms with Crippen LogP contribution < -0.4 is 0 Å². The second-order valence-corrected chi connectivity index (χ2v) is 3.92. The van der Waals surface area contributed by atoms with Crippen LogP contribution in [0.1, 0.15) is 66.2 Å². The summed E-state index contributed by atoms with van der Waals surface area (Å²) in [5.74, 6) is 0.174. The zero-order valence-corrected chi connectivity index (χ0v) is 13.1. The maximum Gasteiger partial charge on any atom is 0.139 e. The van der Waals surface area contributed by atoms with Crippen LogP contribution in [-0.2, 0) is 36.2 Å². The molecule has 0 N–H and O–H groups in total. The molecule has 0 spiro atoms. The molecular formula is C14H24CuO4. The van der Waals surface area contributed by atoms with Crippen molar-refractivity contribution in [3.05, 3.63) is 0 Å². The molecule has 1 radical (unpaired) electrons. The normalized spacial score (nSPS) is 8.63. The third-order valence-electron chi connectivity index (χ3n) is 2.37. The molecule has 0 saturated carbocycles. The Bertz CT molecular complexity index is 240. The van der Waals surface area contributed by atoms with E-state index in [4.69, 9.17) is 0 Å². The van der Waals surface area contributed by atoms with Gasteiger partial charge in [-0.1, -0.05) is 27.7 Å². The van der Waals surface area contributed by atoms with Crippen LogP contribution in [0.4, 0.5) is 0 Å². The van der Waals surface area contributed by atoms with Crippen molar-refractivity contribution in [2.45, 2.75) is 66.2 Å². The van der Waals surface area contributed by atoms with Gasteiger partial charge in [0.25, 0.3) is 0 Å². The first-order valence-corrected chi connectivity index (χ1v) is 6.47. The SMILES string of the molecule is CCC(=O)CC(=O)CC.CCC(=O)CC(=O)CC.[Cu]. The summed E-state index contributed by atoms with van der Waals surface area (Å²) in [6, 6.07) is 0. The van der Waals surface area contributed by atoms with Crippen molar-refractivity contribution in [1.29, 1.82) is 0 Å². The fourth-order valence-electron chi connectivity index (χ4n) is 0.940. The first kappa shape index (κ1) is 23.3. The number of carbonyl (C=O) groups excluding carboxylic acids is 4. The molecule has 0 fully saturated rings. The standard InChI is InChI=1S/2C7H12O2.Cu/c2*1-3-6(8)5-7(9)4-2;/h2*3-5H2,1-2H3;. The summed E-state index contributed by atoms with van der Waals surface area (Å²) in [5, 5.41) is 0. The third-order valence-corrected chi connectivity index (χ3v) is 2.37. The first-order chi connectivity index (χ1) is 8.40. The van der Waals surface area contributed by atoms with Crippen LogP contribution in [-0.4, -0.2) is 23.1 Å². The van der Waals surface area contributed by atoms with Gasteiger partial charge in [0.05, 0.1) is 12.8 Å². The molecule has 0 aliphatic heterocycles. The molecule has 0 bridgehead atoms. The predicted octanol–water partition coefficient (Wildman–Crippen LogP) is 2.67. The fourth-order valence-corrected chi connectivity index (χ4v) is 0.940. The number of Topliss-reactive ketones (excluding diaryl/α,β-unsaturated/α-hetero) is 4. The molecule has 0 aliphatic rings. The average Bonchev–Trinajstić information content (AvgIpc) is 2.38. The summed E-state index contributed by atoms with van der Waals surface area (Å²) >= 11 is 0. The Balaban J connectivity index is -0.000000256. The van der Waals surface area contributed by atoms with E-state index in [0.717, 1.165) is 0 Å². The van der Waals surface area contributed by atoms with E-state index < -0.39 is 0 Å². The third kappa shape index (κ3) is 17.2. The van der Waals surface area contributed by atoms with Gasteiger partial charge in [-0.3, -0.25) is 19.2 Å². The zero-order chi connectivity index (χ0) is 14.6. The molecule has 4 nitrogen and oxygen atoms in total. The van der Waals surface area contributed by atoms with Crippen LogP contribution in [0.2, 0.25) is 0 Å². The summed E-state index contributed by atoms with van der Waals surface area (Å²) in [6.07, 6.45) is 2.18. The van der Waals surface area contributed by atoms with Crippen molar-refractivity contribution in [2.75, 3.05) is 0 Å². The van der Waals surface area contributed by atoms with Crippen molar-refractivity contribution < 1.29 is 36.2 Å². The molecule has 0 aromatic carbocycles. The number of hydrogen-bond donors (Lipinski definition) is 0. The van der Waals surface area contributed by atoms with E-state index in [1.54, 1.807) is 27.7 Å². The molecule has 19 heavy (non-hydrogen) atoms. The number of carbonyl (C=O) groups is 4. The largest absolute Gasteiger partial charge is 0.299 e. The van der Waals surface area contributed by atoms with Crippen LogP contribution in [0.3, 0.4) is 0 Å². The Morgan fingerprint density at radius 2 is 0.684 bits per heavy atom. The molecule has 0 aromatic rings. The summed E-state index contributed by atoms with van der Waals surface area (Å²) < 4.78 is 0. The number of hydrogen-bond acceptors (Lipinski definition) is 4. The molecule has 0 aliphatic carbocycles. The van der Waals surface area contributed by atoms with Crippen molar-refractivity contribution >= 4 is 23.1 Å². The fraction of sp³-hybridized carbons (Fsp3) is 0.714. The van der Waals surface area contributed by atoms with E-state index in [0.29, 0.717) is 25.7 Å². The van der Waals surface area contributed by atoms with Gasteiger partial charge < -0.3 is 0 Å². The van der Waals surface area contributed by atoms with Crippen LogP contribution in [0.25, 0.3) is 0 Å². The van der Waals surface area contributed by atoms with Gasteiger partial charge in [-0.2, -0.15) is 0 Å². The molecule has 0 heterocycles. The van der Waals surface area contributed by atoms with Gasteiger partial charge in [-0.05, 0) is 0 Å². The predicted molar refractivity (Wildman–Crippen MR) is 70.4 cm³/mol. The molecular weight excluding hydrogens is 296 g/mol. The summed E-state index contributed by atoms with van der Waals surface area (Å²) in [6.45, 7) is 7.08. The molecule has 0 aromatic heterocycles. The monoisotopic (exact) mass is 319 g/mol. The van der Waals surface area contributed by atoms with Crippen LogP contribution in [0.15, 0.2) is 0 Å². The van der Waals surface area contributed by atoms with Crippen LogP contribution in [0, 0.1) is 0 Å². The molecule has 0 unspecified atom stereocenters. The van der Waals surface area contributed by atoms with Crippen LogP contribution >= 0.6 is 0 Å². The minimum atomic E-state index is 0. The van der Waals surface area contributed by atoms with E-state index in [9.17, 15) is 19.2 Å². The molecule has 5 heteroatoms. The Hall–Kier alpha value is -0.801. The zero-order valence-electron chi connectivity index (χ0n) is 12.2. The molecule has 115 valence electrons. The summed E-state index contributed by atoms with van der Waals surface area (Å²) in [7, 11) is 0. The van der Waals surface area contributed by atoms with E-state index in [2.05, 4.69) is 0 Å². The Kier molecular flexibility index (Phi) is 18.7. The van der Waals surface area contributed by atoms with Gasteiger partial charge in [0.1, 0.15) is 23.1 Å². The van der Waals surface area contributed by atoms with Crippen molar-refractivity contribution in [3.8, 4) is 0 Å². The van der Waals surface area contributed by atoms with Gasteiger partial charge in [-0.25, -0.2) is 0 Å². The van der Waals surface area contributed by atoms with E-state index in [1.807, 2.05) is 0 Å². The Morgan fingerprint density at radius 3 is 0.789 bits per heavy atom. The Morgan fingerprint density at radius 1 is 0.526 bits per heavy atom. The quantitative estimate of drug-likeness (QED) is 0.509. The van der Waals surface area contributed by atoms with Gasteiger partial charge in [0.2, 0.25) is 0 Å². The summed E-state index contributed by atoms with van der Waals surface area (Å²) in [4.78, 5) is 42.2. The number of ketones is 4. The van der Waals surface area contributed by atoms with Gasteiger partial charge >= 0.3 is 0 Å². The van der Waals surface area contributed by atoms with E-state index >= 15 is 0 Å². The van der Waals surface area contributed by atoms with Crippen molar-refractivity contribution in [2.24, 2.45) is 0 Å². The van der Waals surface area contributed by atoms with Gasteiger partial charge in [-0.15, -0.1) is 0 Å². The van der Waals surface area contributed by atoms with Crippen LogP contribution in [0.5, 0.6) is 0 Å². The second-order valence-electron chi connectivity index (χ2n) is 3.92. The Labute approximate surface area is 126 Å². The minimum Gasteiger partial charge on any atom is -0.299 e. The maximum absolute atomic E-state index is 10.6. The minimum absolute atomic E-state index is 0. The average molecular weight is 320 g/mol. The molecule has 0 saturated heterocycles. The first-order valence-electron chi connectivity index (χ1n) is 6.47. The smallest absolute Gasteiger partial charge is 0.139 e. The molecule has 0 rings (SSSR count). The topological polar surface area (TPSA) is 68.3 Å². The molecule has 0 amide bonds. The van der Waals surface area contributed by atoms with E-state index in [1.165, 1.54) is 0 Å². The second kappa shape index (κ2) is 15.3. The van der Waals surface area contributed by atoms with Crippen molar-refractivity contribution in [3.63, 3.8) is 0 Å².